The van der Waals surface area contributed by atoms with Crippen molar-refractivity contribution in [3.63, 3.8) is 0 Å². The third-order valence-electron chi connectivity index (χ3n) is 2.72. The van der Waals surface area contributed by atoms with Gasteiger partial charge in [0.05, 0.1) is 6.10 Å². The van der Waals surface area contributed by atoms with Gasteiger partial charge in [-0.3, -0.25) is 0 Å². The highest BCUT2D eigenvalue weighted by Gasteiger charge is 2.16. The summed E-state index contributed by atoms with van der Waals surface area (Å²) in [5, 5.41) is 0. The Bertz CT molecular complexity index is 274. The Labute approximate surface area is 79.7 Å². The molecule has 0 radical (unpaired) electrons. The zero-order valence-corrected chi connectivity index (χ0v) is 8.12. The third kappa shape index (κ3) is 1.92. The summed E-state index contributed by atoms with van der Waals surface area (Å²) in [5.41, 5.74) is 2.73. The van der Waals surface area contributed by atoms with Crippen LogP contribution in [0.4, 0.5) is 0 Å². The van der Waals surface area contributed by atoms with Crippen LogP contribution in [-0.2, 0) is 4.74 Å². The summed E-state index contributed by atoms with van der Waals surface area (Å²) < 4.78 is 5.74. The van der Waals surface area contributed by atoms with Crippen LogP contribution >= 0.6 is 0 Å². The molecule has 0 N–H and O–H groups in total. The van der Waals surface area contributed by atoms with E-state index in [9.17, 15) is 0 Å². The Hall–Kier alpha value is -0.820. The van der Waals surface area contributed by atoms with Crippen LogP contribution in [0, 0.1) is 6.92 Å². The maximum atomic E-state index is 5.74. The van der Waals surface area contributed by atoms with E-state index in [1.54, 1.807) is 0 Å². The minimum Gasteiger partial charge on any atom is -0.374 e. The van der Waals surface area contributed by atoms with Crippen molar-refractivity contribution in [2.24, 2.45) is 0 Å². The van der Waals surface area contributed by atoms with E-state index in [1.165, 1.54) is 30.4 Å². The highest BCUT2D eigenvalue weighted by Crippen LogP contribution is 2.29. The van der Waals surface area contributed by atoms with Crippen LogP contribution in [0.1, 0.15) is 36.5 Å². The molecule has 0 bridgehead atoms. The molecular weight excluding hydrogens is 160 g/mol. The molecular formula is C12H16O. The molecule has 0 amide bonds. The van der Waals surface area contributed by atoms with Gasteiger partial charge < -0.3 is 4.74 Å². The first-order valence-electron chi connectivity index (χ1n) is 5.05. The van der Waals surface area contributed by atoms with Crippen LogP contribution in [0.15, 0.2) is 24.3 Å². The minimum absolute atomic E-state index is 0.356. The van der Waals surface area contributed by atoms with Gasteiger partial charge in [-0.15, -0.1) is 0 Å². The van der Waals surface area contributed by atoms with Gasteiger partial charge in [-0.05, 0) is 37.3 Å². The summed E-state index contributed by atoms with van der Waals surface area (Å²) >= 11 is 0. The smallest absolute Gasteiger partial charge is 0.0827 e. The van der Waals surface area contributed by atoms with E-state index >= 15 is 0 Å². The molecule has 1 fully saturated rings. The fourth-order valence-electron chi connectivity index (χ4n) is 1.93. The average Bonchev–Trinajstić information content (AvgIpc) is 2.20. The molecule has 1 aliphatic heterocycles. The fourth-order valence-corrected chi connectivity index (χ4v) is 1.93. The first-order valence-corrected chi connectivity index (χ1v) is 5.05. The second-order valence-corrected chi connectivity index (χ2v) is 3.71. The minimum atomic E-state index is 0.356. The molecule has 13 heavy (non-hydrogen) atoms. The number of ether oxygens (including phenoxy) is 1. The first-order chi connectivity index (χ1) is 6.38. The lowest BCUT2D eigenvalue weighted by Gasteiger charge is -2.24. The van der Waals surface area contributed by atoms with Crippen molar-refractivity contribution < 1.29 is 4.74 Å². The fraction of sp³-hybridized carbons (Fsp3) is 0.500. The van der Waals surface area contributed by atoms with E-state index in [2.05, 4.69) is 31.2 Å². The second-order valence-electron chi connectivity index (χ2n) is 3.71. The zero-order valence-electron chi connectivity index (χ0n) is 8.12. The van der Waals surface area contributed by atoms with Crippen molar-refractivity contribution in [1.29, 1.82) is 0 Å². The van der Waals surface area contributed by atoms with Gasteiger partial charge in [-0.2, -0.15) is 0 Å². The largest absolute Gasteiger partial charge is 0.374 e. The third-order valence-corrected chi connectivity index (χ3v) is 2.72. The molecule has 1 aliphatic rings. The number of rotatable bonds is 1. The molecule has 0 aromatic heterocycles. The Morgan fingerprint density at radius 2 is 2.08 bits per heavy atom. The zero-order chi connectivity index (χ0) is 9.10. The maximum Gasteiger partial charge on any atom is 0.0827 e. The van der Waals surface area contributed by atoms with Crippen molar-refractivity contribution in [3.05, 3.63) is 35.4 Å². The molecule has 1 atom stereocenters. The topological polar surface area (TPSA) is 9.23 Å². The molecule has 1 heteroatoms. The summed E-state index contributed by atoms with van der Waals surface area (Å²) in [5.74, 6) is 0. The normalized spacial score (nSPS) is 23.0. The maximum absolute atomic E-state index is 5.74. The van der Waals surface area contributed by atoms with Gasteiger partial charge in [0.1, 0.15) is 0 Å². The Kier molecular flexibility index (Phi) is 2.65. The highest BCUT2D eigenvalue weighted by atomic mass is 16.5. The molecule has 1 saturated heterocycles. The summed E-state index contributed by atoms with van der Waals surface area (Å²) in [6.45, 7) is 3.09. The quantitative estimate of drug-likeness (QED) is 0.638. The van der Waals surface area contributed by atoms with Crippen LogP contribution in [0.25, 0.3) is 0 Å². The van der Waals surface area contributed by atoms with Crippen molar-refractivity contribution in [1.82, 2.24) is 0 Å². The van der Waals surface area contributed by atoms with Gasteiger partial charge in [0.15, 0.2) is 0 Å². The van der Waals surface area contributed by atoms with Crippen molar-refractivity contribution in [2.45, 2.75) is 32.3 Å². The average molecular weight is 176 g/mol. The number of aryl methyl sites for hydroxylation is 1. The van der Waals surface area contributed by atoms with E-state index < -0.39 is 0 Å². The van der Waals surface area contributed by atoms with E-state index in [-0.39, 0.29) is 0 Å². The van der Waals surface area contributed by atoms with Gasteiger partial charge in [0.25, 0.3) is 0 Å². The number of hydrogen-bond donors (Lipinski definition) is 0. The monoisotopic (exact) mass is 176 g/mol. The molecule has 1 aromatic carbocycles. The molecule has 0 spiro atoms. The summed E-state index contributed by atoms with van der Waals surface area (Å²) in [6.07, 6.45) is 4.07. The van der Waals surface area contributed by atoms with Crippen LogP contribution < -0.4 is 0 Å². The molecule has 1 nitrogen and oxygen atoms in total. The van der Waals surface area contributed by atoms with Crippen molar-refractivity contribution in [2.75, 3.05) is 6.61 Å². The van der Waals surface area contributed by atoms with E-state index in [0.29, 0.717) is 6.10 Å². The molecule has 1 heterocycles. The first kappa shape index (κ1) is 8.76. The molecule has 0 aliphatic carbocycles. The van der Waals surface area contributed by atoms with Crippen LogP contribution in [0.2, 0.25) is 0 Å². The summed E-state index contributed by atoms with van der Waals surface area (Å²) in [6, 6.07) is 8.53. The number of hydrogen-bond acceptors (Lipinski definition) is 1. The lowest BCUT2D eigenvalue weighted by molar-refractivity contribution is 0.0146. The summed E-state index contributed by atoms with van der Waals surface area (Å²) in [4.78, 5) is 0. The van der Waals surface area contributed by atoms with Gasteiger partial charge in [0, 0.05) is 6.61 Å². The molecule has 0 saturated carbocycles. The molecule has 1 aromatic rings. The van der Waals surface area contributed by atoms with Crippen LogP contribution in [0.3, 0.4) is 0 Å². The molecule has 1 unspecified atom stereocenters. The van der Waals surface area contributed by atoms with Crippen LogP contribution in [-0.4, -0.2) is 6.61 Å². The Morgan fingerprint density at radius 1 is 1.23 bits per heavy atom. The van der Waals surface area contributed by atoms with E-state index in [1.807, 2.05) is 0 Å². The van der Waals surface area contributed by atoms with E-state index in [0.717, 1.165) is 6.61 Å². The predicted octanol–water partition coefficient (Wildman–Crippen LogP) is 3.24. The lowest BCUT2D eigenvalue weighted by Crippen LogP contribution is -2.12. The summed E-state index contributed by atoms with van der Waals surface area (Å²) in [7, 11) is 0. The molecule has 2 rings (SSSR count). The highest BCUT2D eigenvalue weighted by molar-refractivity contribution is 5.27. The predicted molar refractivity (Wildman–Crippen MR) is 53.7 cm³/mol. The second kappa shape index (κ2) is 3.93. The Morgan fingerprint density at radius 3 is 2.77 bits per heavy atom. The van der Waals surface area contributed by atoms with Gasteiger partial charge in [-0.25, -0.2) is 0 Å². The van der Waals surface area contributed by atoms with Gasteiger partial charge in [-0.1, -0.05) is 24.3 Å². The van der Waals surface area contributed by atoms with Crippen molar-refractivity contribution in [3.8, 4) is 0 Å². The van der Waals surface area contributed by atoms with Gasteiger partial charge >= 0.3 is 0 Å². The van der Waals surface area contributed by atoms with Crippen LogP contribution in [0.5, 0.6) is 0 Å². The number of benzene rings is 1. The lowest BCUT2D eigenvalue weighted by atomic mass is 9.98. The molecule has 70 valence electrons. The van der Waals surface area contributed by atoms with E-state index in [4.69, 9.17) is 4.74 Å². The SMILES string of the molecule is Cc1ccccc1C1CCCCO1. The van der Waals surface area contributed by atoms with Crippen molar-refractivity contribution >= 4 is 0 Å². The Balaban J connectivity index is 2.18. The standard InChI is InChI=1S/C12H16O/c1-10-6-2-3-7-11(10)12-8-4-5-9-13-12/h2-3,6-7,12H,4-5,8-9H2,1H3. The van der Waals surface area contributed by atoms with Gasteiger partial charge in [0.2, 0.25) is 0 Å².